The lowest BCUT2D eigenvalue weighted by atomic mass is 9.97. The molecule has 2 fully saturated rings. The van der Waals surface area contributed by atoms with E-state index < -0.39 is 76.9 Å². The van der Waals surface area contributed by atoms with Gasteiger partial charge in [0.2, 0.25) is 11.8 Å². The molecule has 2 aliphatic heterocycles. The maximum Gasteiger partial charge on any atom is 0.490 e. The molecule has 0 saturated carbocycles. The van der Waals surface area contributed by atoms with Crippen molar-refractivity contribution < 1.29 is 74.6 Å². The van der Waals surface area contributed by atoms with Gasteiger partial charge in [-0.1, -0.05) is 0 Å². The smallest absolute Gasteiger partial charge is 0.490 e. The minimum Gasteiger partial charge on any atom is -0.760 e. The highest BCUT2D eigenvalue weighted by atomic mass is 32.2. The molecule has 0 radical (unpaired) electrons. The summed E-state index contributed by atoms with van der Waals surface area (Å²) in [6.45, 7) is -0.446. The molecule has 23 nitrogen and oxygen atoms in total. The number of aromatic amines is 1. The summed E-state index contributed by atoms with van der Waals surface area (Å²) in [5.41, 5.74) is -2.09. The van der Waals surface area contributed by atoms with E-state index in [-0.39, 0.29) is 50.0 Å². The standard InChI is InChI=1S/C20H32N5O18P3S/c26-14-9-17(41-15(14)11-40-45(34,35)43-46(36,37)42-44(31,32)33)25-10-13(19(29)23-20(25)30)1-2-16(27)21-5-6-22-18(28)12-3-7-24(8-4-12)47(38)39/h1-2,10,12,14-15,17,26H,3-9,11H2,(H,21,27)(H,22,28)(H,34,35)(H,36,37)(H,38,39)(H,23,29,30)(H2,31,32,33)/p-1/b2-1+/t14?,15-,17-/m1/s1. The fourth-order valence-corrected chi connectivity index (χ4v) is 7.89. The van der Waals surface area contributed by atoms with Crippen molar-refractivity contribution in [3.05, 3.63) is 38.7 Å². The van der Waals surface area contributed by atoms with Crippen molar-refractivity contribution in [2.75, 3.05) is 32.8 Å². The zero-order valence-corrected chi connectivity index (χ0v) is 27.4. The molecule has 27 heteroatoms. The number of carbonyl (C=O) groups excluding carboxylic acids is 2. The summed E-state index contributed by atoms with van der Waals surface area (Å²) in [5, 5.41) is 15.4. The number of carbonyl (C=O) groups is 2. The van der Waals surface area contributed by atoms with E-state index >= 15 is 0 Å². The predicted molar refractivity (Wildman–Crippen MR) is 154 cm³/mol. The molecular formula is C20H31N5O18P3S-. The largest absolute Gasteiger partial charge is 0.760 e. The number of phosphoric ester groups is 1. The van der Waals surface area contributed by atoms with Crippen LogP contribution in [0.1, 0.15) is 31.1 Å². The number of hydrogen-bond acceptors (Lipinski definition) is 14. The van der Waals surface area contributed by atoms with Crippen LogP contribution in [0, 0.1) is 5.92 Å². The first-order valence-electron chi connectivity index (χ1n) is 13.3. The number of piperidine rings is 1. The number of nitrogens with one attached hydrogen (secondary N) is 3. The zero-order valence-electron chi connectivity index (χ0n) is 23.9. The van der Waals surface area contributed by atoms with E-state index in [9.17, 15) is 56.5 Å². The number of H-pyrrole nitrogens is 1. The Morgan fingerprint density at radius 2 is 1.72 bits per heavy atom. The van der Waals surface area contributed by atoms with Gasteiger partial charge in [-0.3, -0.25) is 32.7 Å². The van der Waals surface area contributed by atoms with Gasteiger partial charge in [0.15, 0.2) is 0 Å². The third kappa shape index (κ3) is 12.6. The van der Waals surface area contributed by atoms with E-state index in [1.807, 2.05) is 4.98 Å². The maximum absolute atomic E-state index is 12.4. The van der Waals surface area contributed by atoms with E-state index in [0.29, 0.717) is 12.8 Å². The number of ether oxygens (including phenoxy) is 1. The molecule has 1 aromatic heterocycles. The van der Waals surface area contributed by atoms with Crippen LogP contribution in [0.5, 0.6) is 0 Å². The van der Waals surface area contributed by atoms with Gasteiger partial charge < -0.3 is 44.6 Å². The fourth-order valence-electron chi connectivity index (χ4n) is 4.35. The summed E-state index contributed by atoms with van der Waals surface area (Å²) in [7, 11) is -16.9. The first kappa shape index (κ1) is 39.2. The van der Waals surface area contributed by atoms with Crippen LogP contribution in [0.25, 0.3) is 6.08 Å². The van der Waals surface area contributed by atoms with Crippen molar-refractivity contribution >= 4 is 52.6 Å². The van der Waals surface area contributed by atoms with Gasteiger partial charge in [-0.2, -0.15) is 8.62 Å². The quantitative estimate of drug-likeness (QED) is 0.0390. The van der Waals surface area contributed by atoms with Crippen LogP contribution in [-0.2, 0) is 52.4 Å². The van der Waals surface area contributed by atoms with Gasteiger partial charge in [-0.05, 0) is 18.9 Å². The van der Waals surface area contributed by atoms with Gasteiger partial charge in [0.05, 0.1) is 18.3 Å². The van der Waals surface area contributed by atoms with Crippen molar-refractivity contribution in [1.82, 2.24) is 24.5 Å². The Balaban J connectivity index is 1.51. The molecule has 3 heterocycles. The van der Waals surface area contributed by atoms with E-state index in [1.165, 1.54) is 4.31 Å². The summed E-state index contributed by atoms with van der Waals surface area (Å²) in [6, 6.07) is 0. The Morgan fingerprint density at radius 3 is 2.34 bits per heavy atom. The average Bonchev–Trinajstić information content (AvgIpc) is 3.31. The minimum absolute atomic E-state index is 0.0177. The molecular weight excluding hydrogens is 723 g/mol. The number of hydrogen-bond donors (Lipinski definition) is 8. The third-order valence-electron chi connectivity index (χ3n) is 6.50. The Bertz CT molecular complexity index is 1620. The van der Waals surface area contributed by atoms with Crippen molar-refractivity contribution in [2.24, 2.45) is 5.92 Å². The Labute approximate surface area is 266 Å². The average molecular weight is 754 g/mol. The van der Waals surface area contributed by atoms with Gasteiger partial charge in [-0.25, -0.2) is 22.8 Å². The lowest BCUT2D eigenvalue weighted by Crippen LogP contribution is -2.42. The molecule has 2 aliphatic rings. The highest BCUT2D eigenvalue weighted by molar-refractivity contribution is 7.76. The molecule has 0 spiro atoms. The molecule has 0 aromatic carbocycles. The van der Waals surface area contributed by atoms with Crippen molar-refractivity contribution in [3.8, 4) is 0 Å². The first-order valence-corrected chi connectivity index (χ1v) is 18.9. The number of rotatable bonds is 15. The van der Waals surface area contributed by atoms with Gasteiger partial charge in [0.25, 0.3) is 5.56 Å². The van der Waals surface area contributed by atoms with Crippen LogP contribution in [0.3, 0.4) is 0 Å². The molecule has 6 atom stereocenters. The second-order valence-corrected chi connectivity index (χ2v) is 15.3. The maximum atomic E-state index is 12.4. The number of phosphoric acid groups is 3. The monoisotopic (exact) mass is 754 g/mol. The fraction of sp³-hybridized carbons (Fsp3) is 0.600. The number of aliphatic hydroxyl groups is 1. The van der Waals surface area contributed by atoms with Crippen molar-refractivity contribution in [2.45, 2.75) is 37.7 Å². The summed E-state index contributed by atoms with van der Waals surface area (Å²) >= 11 is -2.34. The minimum atomic E-state index is -5.78. The molecule has 0 aliphatic carbocycles. The third-order valence-corrected chi connectivity index (χ3v) is 11.1. The number of aromatic nitrogens is 2. The molecule has 266 valence electrons. The lowest BCUT2D eigenvalue weighted by molar-refractivity contribution is -0.126. The topological polar surface area (TPSA) is 346 Å². The number of aliphatic hydroxyl groups excluding tert-OH is 1. The summed E-state index contributed by atoms with van der Waals surface area (Å²) in [5.74, 6) is -1.31. The molecule has 0 bridgehead atoms. The number of nitrogens with zero attached hydrogens (tertiary/aromatic N) is 2. The van der Waals surface area contributed by atoms with Gasteiger partial charge >= 0.3 is 29.2 Å². The van der Waals surface area contributed by atoms with Crippen molar-refractivity contribution in [3.63, 3.8) is 0 Å². The SMILES string of the molecule is O=C(/C=C/c1cn([C@H]2CC(O)[C@@H](COP(=O)(O)OP(=O)(O)OP(=O)(O)O)O2)c(=O)[nH]c1=O)NCCNC(=O)C1CCN(S(=O)[O-])CC1. The van der Waals surface area contributed by atoms with Gasteiger partial charge in [-0.15, -0.1) is 0 Å². The number of amides is 2. The van der Waals surface area contributed by atoms with Crippen LogP contribution in [0.2, 0.25) is 0 Å². The Kier molecular flexibility index (Phi) is 13.7. The molecule has 4 unspecified atom stereocenters. The first-order chi connectivity index (χ1) is 21.7. The van der Waals surface area contributed by atoms with Gasteiger partial charge in [0.1, 0.15) is 12.3 Å². The van der Waals surface area contributed by atoms with Crippen LogP contribution in [0.4, 0.5) is 0 Å². The van der Waals surface area contributed by atoms with E-state index in [2.05, 4.69) is 23.8 Å². The molecule has 2 saturated heterocycles. The lowest BCUT2D eigenvalue weighted by Gasteiger charge is -2.31. The Hall–Kier alpha value is -2.24. The predicted octanol–water partition coefficient (Wildman–Crippen LogP) is -2.72. The summed E-state index contributed by atoms with van der Waals surface area (Å²) in [6.07, 6.45) is -0.784. The highest BCUT2D eigenvalue weighted by Crippen LogP contribution is 2.66. The molecule has 8 N–H and O–H groups in total. The zero-order chi connectivity index (χ0) is 35.2. The second kappa shape index (κ2) is 16.4. The molecule has 3 rings (SSSR count). The normalized spacial score (nSPS) is 24.4. The van der Waals surface area contributed by atoms with Crippen LogP contribution < -0.4 is 21.9 Å². The van der Waals surface area contributed by atoms with Gasteiger partial charge in [0, 0.05) is 62.1 Å². The summed E-state index contributed by atoms with van der Waals surface area (Å²) < 4.78 is 75.2. The van der Waals surface area contributed by atoms with E-state index in [1.54, 1.807) is 0 Å². The molecule has 2 amide bonds. The second-order valence-electron chi connectivity index (χ2n) is 9.91. The molecule has 1 aromatic rings. The summed E-state index contributed by atoms with van der Waals surface area (Å²) in [4.78, 5) is 87.1. The van der Waals surface area contributed by atoms with E-state index in [4.69, 9.17) is 14.5 Å². The van der Waals surface area contributed by atoms with Crippen molar-refractivity contribution in [1.29, 1.82) is 0 Å². The molecule has 47 heavy (non-hydrogen) atoms. The van der Waals surface area contributed by atoms with Crippen LogP contribution in [-0.4, -0.2) is 104 Å². The Morgan fingerprint density at radius 1 is 1.09 bits per heavy atom. The van der Waals surface area contributed by atoms with Crippen LogP contribution in [0.15, 0.2) is 21.9 Å². The highest BCUT2D eigenvalue weighted by Gasteiger charge is 2.43. The van der Waals surface area contributed by atoms with Crippen LogP contribution >= 0.6 is 23.5 Å². The van der Waals surface area contributed by atoms with E-state index in [0.717, 1.165) is 22.9 Å².